The molecular weight excluding hydrogens is 434 g/mol. The van der Waals surface area contributed by atoms with Crippen LogP contribution in [0, 0.1) is 17.2 Å². The van der Waals surface area contributed by atoms with Crippen LogP contribution < -0.4 is 19.7 Å². The quantitative estimate of drug-likeness (QED) is 0.723. The molecule has 0 bridgehead atoms. The van der Waals surface area contributed by atoms with Crippen molar-refractivity contribution in [3.05, 3.63) is 36.0 Å². The second kappa shape index (κ2) is 9.77. The van der Waals surface area contributed by atoms with Crippen LogP contribution in [0.2, 0.25) is 0 Å². The molecule has 9 heteroatoms. The van der Waals surface area contributed by atoms with Gasteiger partial charge in [-0.3, -0.25) is 4.79 Å². The zero-order chi connectivity index (χ0) is 23.5. The zero-order valence-electron chi connectivity index (χ0n) is 19.3. The minimum absolute atomic E-state index is 0.0957. The first-order chi connectivity index (χ1) is 16.7. The second-order valence-corrected chi connectivity index (χ2v) is 8.85. The van der Waals surface area contributed by atoms with Gasteiger partial charge in [-0.05, 0) is 43.5 Å². The number of carbonyl (C=O) groups excluding carboxylic acids is 1. The summed E-state index contributed by atoms with van der Waals surface area (Å²) in [6.07, 6.45) is 4.27. The summed E-state index contributed by atoms with van der Waals surface area (Å²) in [5, 5.41) is 13.1. The lowest BCUT2D eigenvalue weighted by atomic mass is 9.99. The normalized spacial score (nSPS) is 20.3. The van der Waals surface area contributed by atoms with Gasteiger partial charge in [0.25, 0.3) is 0 Å². The van der Waals surface area contributed by atoms with Crippen molar-refractivity contribution in [3.63, 3.8) is 0 Å². The standard InChI is InChI=1S/C25H29N5O4/c1-32-24-18(14-26)12-21(15-27-24)30-8-11-34-23-3-2-19(13-22(23)30)28-20-4-7-29(16-20)25(31)17-5-9-33-10-6-17/h2-3,12-13,15,17,20,28H,4-11,16H2,1H3/t20-/m0/s1. The third-order valence-corrected chi connectivity index (χ3v) is 6.73. The third kappa shape index (κ3) is 4.46. The number of hydrogen-bond donors (Lipinski definition) is 1. The molecule has 1 atom stereocenters. The predicted octanol–water partition coefficient (Wildman–Crippen LogP) is 2.93. The molecule has 0 radical (unpaired) electrons. The maximum absolute atomic E-state index is 12.9. The van der Waals surface area contributed by atoms with E-state index < -0.39 is 0 Å². The van der Waals surface area contributed by atoms with E-state index in [9.17, 15) is 10.1 Å². The van der Waals surface area contributed by atoms with E-state index in [1.165, 1.54) is 7.11 Å². The maximum Gasteiger partial charge on any atom is 0.231 e. The molecule has 1 amide bonds. The molecule has 178 valence electrons. The summed E-state index contributed by atoms with van der Waals surface area (Å²) in [6.45, 7) is 4.04. The Labute approximate surface area is 199 Å². The number of fused-ring (bicyclic) bond motifs is 1. The van der Waals surface area contributed by atoms with Crippen LogP contribution in [-0.2, 0) is 9.53 Å². The molecule has 1 N–H and O–H groups in total. The van der Waals surface area contributed by atoms with Crippen molar-refractivity contribution in [2.75, 3.05) is 56.8 Å². The van der Waals surface area contributed by atoms with Crippen LogP contribution in [0.1, 0.15) is 24.8 Å². The lowest BCUT2D eigenvalue weighted by Gasteiger charge is -2.32. The van der Waals surface area contributed by atoms with Gasteiger partial charge in [0.2, 0.25) is 11.8 Å². The highest BCUT2D eigenvalue weighted by molar-refractivity contribution is 5.79. The van der Waals surface area contributed by atoms with Crippen molar-refractivity contribution in [1.29, 1.82) is 5.26 Å². The number of rotatable bonds is 5. The van der Waals surface area contributed by atoms with Crippen molar-refractivity contribution in [2.24, 2.45) is 5.92 Å². The SMILES string of the molecule is COc1ncc(N2CCOc3ccc(N[C@H]4CCN(C(=O)C5CCOCC5)C4)cc32)cc1C#N. The van der Waals surface area contributed by atoms with E-state index in [1.807, 2.05) is 17.0 Å². The van der Waals surface area contributed by atoms with Gasteiger partial charge in [-0.2, -0.15) is 5.26 Å². The molecule has 2 saturated heterocycles. The number of nitrogens with zero attached hydrogens (tertiary/aromatic N) is 4. The molecule has 2 fully saturated rings. The highest BCUT2D eigenvalue weighted by Crippen LogP contribution is 2.39. The number of hydrogen-bond acceptors (Lipinski definition) is 8. The van der Waals surface area contributed by atoms with Crippen molar-refractivity contribution >= 4 is 23.0 Å². The fourth-order valence-corrected chi connectivity index (χ4v) is 4.92. The van der Waals surface area contributed by atoms with Crippen LogP contribution in [0.15, 0.2) is 30.5 Å². The van der Waals surface area contributed by atoms with Crippen LogP contribution in [0.5, 0.6) is 11.6 Å². The first-order valence-electron chi connectivity index (χ1n) is 11.8. The molecule has 0 aliphatic carbocycles. The molecule has 5 rings (SSSR count). The predicted molar refractivity (Wildman–Crippen MR) is 127 cm³/mol. The van der Waals surface area contributed by atoms with Gasteiger partial charge in [0.05, 0.1) is 31.2 Å². The van der Waals surface area contributed by atoms with E-state index in [0.29, 0.717) is 44.4 Å². The van der Waals surface area contributed by atoms with Gasteiger partial charge in [0, 0.05) is 44.0 Å². The van der Waals surface area contributed by atoms with E-state index in [-0.39, 0.29) is 17.9 Å². The molecule has 0 unspecified atom stereocenters. The van der Waals surface area contributed by atoms with Gasteiger partial charge < -0.3 is 29.3 Å². The summed E-state index contributed by atoms with van der Waals surface area (Å²) in [4.78, 5) is 21.3. The number of methoxy groups -OCH3 is 1. The molecule has 2 aromatic rings. The number of amides is 1. The Bertz CT molecular complexity index is 1100. The molecule has 34 heavy (non-hydrogen) atoms. The van der Waals surface area contributed by atoms with Crippen LogP contribution in [0.3, 0.4) is 0 Å². The average molecular weight is 464 g/mol. The topological polar surface area (TPSA) is 100.0 Å². The van der Waals surface area contributed by atoms with Gasteiger partial charge in [0.1, 0.15) is 24.0 Å². The monoisotopic (exact) mass is 463 g/mol. The van der Waals surface area contributed by atoms with E-state index in [0.717, 1.165) is 48.6 Å². The highest BCUT2D eigenvalue weighted by Gasteiger charge is 2.32. The summed E-state index contributed by atoms with van der Waals surface area (Å²) in [6, 6.07) is 10.2. The number of ether oxygens (including phenoxy) is 3. The number of aromatic nitrogens is 1. The fraction of sp³-hybridized carbons (Fsp3) is 0.480. The largest absolute Gasteiger partial charge is 0.490 e. The molecule has 0 saturated carbocycles. The first kappa shape index (κ1) is 22.3. The molecule has 9 nitrogen and oxygen atoms in total. The summed E-state index contributed by atoms with van der Waals surface area (Å²) in [7, 11) is 1.51. The van der Waals surface area contributed by atoms with Crippen molar-refractivity contribution in [1.82, 2.24) is 9.88 Å². The van der Waals surface area contributed by atoms with E-state index in [4.69, 9.17) is 14.2 Å². The lowest BCUT2D eigenvalue weighted by molar-refractivity contribution is -0.137. The summed E-state index contributed by atoms with van der Waals surface area (Å²) in [5.74, 6) is 1.46. The van der Waals surface area contributed by atoms with Gasteiger partial charge in [-0.25, -0.2) is 4.98 Å². The first-order valence-corrected chi connectivity index (χ1v) is 11.8. The van der Waals surface area contributed by atoms with Crippen molar-refractivity contribution < 1.29 is 19.0 Å². The summed E-state index contributed by atoms with van der Waals surface area (Å²) < 4.78 is 16.5. The van der Waals surface area contributed by atoms with E-state index in [2.05, 4.69) is 27.3 Å². The number of likely N-dealkylation sites (tertiary alicyclic amines) is 1. The molecule has 0 spiro atoms. The molecule has 3 aliphatic heterocycles. The average Bonchev–Trinajstić information content (AvgIpc) is 3.36. The molecule has 1 aromatic carbocycles. The molecule has 1 aromatic heterocycles. The van der Waals surface area contributed by atoms with Crippen LogP contribution in [-0.4, -0.2) is 68.4 Å². The Morgan fingerprint density at radius 2 is 2.06 bits per heavy atom. The molecule has 3 aliphatic rings. The maximum atomic E-state index is 12.9. The second-order valence-electron chi connectivity index (χ2n) is 8.85. The summed E-state index contributed by atoms with van der Waals surface area (Å²) in [5.41, 5.74) is 3.09. The van der Waals surface area contributed by atoms with Gasteiger partial charge in [-0.15, -0.1) is 0 Å². The minimum atomic E-state index is 0.0957. The minimum Gasteiger partial charge on any atom is -0.490 e. The van der Waals surface area contributed by atoms with Crippen molar-refractivity contribution in [2.45, 2.75) is 25.3 Å². The van der Waals surface area contributed by atoms with E-state index >= 15 is 0 Å². The van der Waals surface area contributed by atoms with Crippen molar-refractivity contribution in [3.8, 4) is 17.7 Å². The van der Waals surface area contributed by atoms with Gasteiger partial charge in [-0.1, -0.05) is 0 Å². The molecular formula is C25H29N5O4. The number of nitrogens with one attached hydrogen (secondary N) is 1. The number of nitriles is 1. The number of benzene rings is 1. The summed E-state index contributed by atoms with van der Waals surface area (Å²) >= 11 is 0. The number of anilines is 3. The Balaban J connectivity index is 1.30. The Morgan fingerprint density at radius 3 is 2.85 bits per heavy atom. The lowest BCUT2D eigenvalue weighted by Crippen LogP contribution is -2.38. The van der Waals surface area contributed by atoms with Crippen LogP contribution in [0.4, 0.5) is 17.1 Å². The Kier molecular flexibility index (Phi) is 6.41. The third-order valence-electron chi connectivity index (χ3n) is 6.73. The van der Waals surface area contributed by atoms with Crippen LogP contribution in [0.25, 0.3) is 0 Å². The van der Waals surface area contributed by atoms with Gasteiger partial charge >= 0.3 is 0 Å². The fourth-order valence-electron chi connectivity index (χ4n) is 4.92. The Hall–Kier alpha value is -3.51. The zero-order valence-corrected chi connectivity index (χ0v) is 19.3. The van der Waals surface area contributed by atoms with E-state index in [1.54, 1.807) is 12.3 Å². The smallest absolute Gasteiger partial charge is 0.231 e. The highest BCUT2D eigenvalue weighted by atomic mass is 16.5. The number of carbonyl (C=O) groups is 1. The Morgan fingerprint density at radius 1 is 1.21 bits per heavy atom. The van der Waals surface area contributed by atoms with Crippen LogP contribution >= 0.6 is 0 Å². The number of pyridine rings is 1. The van der Waals surface area contributed by atoms with Gasteiger partial charge in [0.15, 0.2) is 0 Å². The molecule has 4 heterocycles.